The molecule has 8 N–H and O–H groups in total. The van der Waals surface area contributed by atoms with E-state index in [0.29, 0.717) is 6.42 Å². The van der Waals surface area contributed by atoms with Crippen LogP contribution in [0.2, 0.25) is 0 Å². The second-order valence-corrected chi connectivity index (χ2v) is 8.78. The molecule has 0 aliphatic carbocycles. The largest absolute Gasteiger partial charge is 0.508 e. The van der Waals surface area contributed by atoms with Crippen LogP contribution in [0, 0.1) is 5.92 Å². The van der Waals surface area contributed by atoms with Gasteiger partial charge in [0.2, 0.25) is 23.6 Å². The van der Waals surface area contributed by atoms with Gasteiger partial charge in [0.15, 0.2) is 0 Å². The highest BCUT2D eigenvalue weighted by atomic mass is 16.3. The van der Waals surface area contributed by atoms with Crippen molar-refractivity contribution in [1.82, 2.24) is 16.0 Å². The number of primary amides is 1. The van der Waals surface area contributed by atoms with Crippen molar-refractivity contribution in [2.24, 2.45) is 17.4 Å². The third kappa shape index (κ3) is 9.03. The summed E-state index contributed by atoms with van der Waals surface area (Å²) in [7, 11) is 0. The van der Waals surface area contributed by atoms with Crippen LogP contribution < -0.4 is 27.4 Å². The van der Waals surface area contributed by atoms with Gasteiger partial charge in [0.05, 0.1) is 12.6 Å². The molecule has 0 spiro atoms. The van der Waals surface area contributed by atoms with Crippen LogP contribution in [0.3, 0.4) is 0 Å². The second kappa shape index (κ2) is 13.8. The number of hydrogen-bond donors (Lipinski definition) is 6. The monoisotopic (exact) mass is 497 g/mol. The SMILES string of the molecule is CCC(C)C(NC(=O)CNC(=O)C(N)Cc1ccc(O)cc1)C(=O)NC(Cc1ccccc1)C(N)=O. The Morgan fingerprint density at radius 2 is 1.50 bits per heavy atom. The Morgan fingerprint density at radius 1 is 0.889 bits per heavy atom. The maximum absolute atomic E-state index is 13.0. The lowest BCUT2D eigenvalue weighted by atomic mass is 9.97. The van der Waals surface area contributed by atoms with Crippen LogP contribution in [0.25, 0.3) is 0 Å². The molecule has 10 heteroatoms. The van der Waals surface area contributed by atoms with Crippen molar-refractivity contribution in [3.05, 3.63) is 65.7 Å². The van der Waals surface area contributed by atoms with Gasteiger partial charge in [-0.3, -0.25) is 19.2 Å². The van der Waals surface area contributed by atoms with Crippen LogP contribution in [0.15, 0.2) is 54.6 Å². The fourth-order valence-corrected chi connectivity index (χ4v) is 3.54. The quantitative estimate of drug-likeness (QED) is 0.229. The Bertz CT molecular complexity index is 1030. The van der Waals surface area contributed by atoms with Crippen molar-refractivity contribution in [3.63, 3.8) is 0 Å². The van der Waals surface area contributed by atoms with E-state index in [0.717, 1.165) is 11.1 Å². The molecule has 0 aromatic heterocycles. The Morgan fingerprint density at radius 3 is 2.08 bits per heavy atom. The summed E-state index contributed by atoms with van der Waals surface area (Å²) in [5.41, 5.74) is 13.0. The summed E-state index contributed by atoms with van der Waals surface area (Å²) in [5, 5.41) is 17.1. The molecule has 4 atom stereocenters. The lowest BCUT2D eigenvalue weighted by molar-refractivity contribution is -0.132. The summed E-state index contributed by atoms with van der Waals surface area (Å²) in [4.78, 5) is 49.8. The summed E-state index contributed by atoms with van der Waals surface area (Å²) in [6.07, 6.45) is 1.03. The van der Waals surface area contributed by atoms with E-state index in [4.69, 9.17) is 11.5 Å². The van der Waals surface area contributed by atoms with Crippen LogP contribution in [0.5, 0.6) is 5.75 Å². The van der Waals surface area contributed by atoms with Crippen molar-refractivity contribution in [2.75, 3.05) is 6.54 Å². The summed E-state index contributed by atoms with van der Waals surface area (Å²) >= 11 is 0. The third-order valence-corrected chi connectivity index (χ3v) is 5.91. The molecule has 2 aromatic carbocycles. The molecule has 0 aliphatic rings. The fraction of sp³-hybridized carbons (Fsp3) is 0.385. The molecule has 0 aliphatic heterocycles. The molecule has 4 amide bonds. The average molecular weight is 498 g/mol. The number of phenolic OH excluding ortho intramolecular Hbond substituents is 1. The van der Waals surface area contributed by atoms with Gasteiger partial charge in [-0.05, 0) is 35.6 Å². The Labute approximate surface area is 210 Å². The van der Waals surface area contributed by atoms with E-state index in [9.17, 15) is 24.3 Å². The number of hydrogen-bond acceptors (Lipinski definition) is 6. The number of nitrogens with two attached hydrogens (primary N) is 2. The van der Waals surface area contributed by atoms with Crippen LogP contribution in [-0.2, 0) is 32.0 Å². The van der Waals surface area contributed by atoms with E-state index in [1.54, 1.807) is 19.1 Å². The molecule has 0 heterocycles. The highest BCUT2D eigenvalue weighted by Gasteiger charge is 2.29. The molecule has 10 nitrogen and oxygen atoms in total. The zero-order valence-corrected chi connectivity index (χ0v) is 20.6. The zero-order valence-electron chi connectivity index (χ0n) is 20.6. The summed E-state index contributed by atoms with van der Waals surface area (Å²) in [6.45, 7) is 3.30. The minimum absolute atomic E-state index is 0.107. The Hall–Kier alpha value is -3.92. The van der Waals surface area contributed by atoms with E-state index in [2.05, 4.69) is 16.0 Å². The van der Waals surface area contributed by atoms with Gasteiger partial charge in [-0.1, -0.05) is 62.7 Å². The number of benzene rings is 2. The molecule has 0 saturated heterocycles. The molecule has 2 aromatic rings. The first-order valence-electron chi connectivity index (χ1n) is 11.8. The van der Waals surface area contributed by atoms with Crippen molar-refractivity contribution < 1.29 is 24.3 Å². The minimum atomic E-state index is -0.944. The highest BCUT2D eigenvalue weighted by molar-refractivity contribution is 5.93. The first kappa shape index (κ1) is 28.3. The smallest absolute Gasteiger partial charge is 0.243 e. The van der Waals surface area contributed by atoms with Crippen molar-refractivity contribution in [1.29, 1.82) is 0 Å². The van der Waals surface area contributed by atoms with Crippen LogP contribution in [-0.4, -0.2) is 53.4 Å². The molecule has 36 heavy (non-hydrogen) atoms. The average Bonchev–Trinajstić information content (AvgIpc) is 2.86. The molecular formula is C26H35N5O5. The number of carbonyl (C=O) groups is 4. The molecule has 4 unspecified atom stereocenters. The predicted octanol–water partition coefficient (Wildman–Crippen LogP) is 0.122. The molecule has 0 saturated carbocycles. The van der Waals surface area contributed by atoms with E-state index >= 15 is 0 Å². The maximum atomic E-state index is 13.0. The predicted molar refractivity (Wildman–Crippen MR) is 135 cm³/mol. The maximum Gasteiger partial charge on any atom is 0.243 e. The molecule has 194 valence electrons. The van der Waals surface area contributed by atoms with E-state index in [-0.39, 0.29) is 31.1 Å². The molecule has 0 radical (unpaired) electrons. The first-order chi connectivity index (χ1) is 17.1. The molecular weight excluding hydrogens is 462 g/mol. The number of phenols is 1. The van der Waals surface area contributed by atoms with Crippen molar-refractivity contribution in [2.45, 2.75) is 51.2 Å². The van der Waals surface area contributed by atoms with Gasteiger partial charge < -0.3 is 32.5 Å². The molecule has 0 fully saturated rings. The van der Waals surface area contributed by atoms with Crippen LogP contribution >= 0.6 is 0 Å². The lowest BCUT2D eigenvalue weighted by Crippen LogP contribution is -2.57. The summed E-state index contributed by atoms with van der Waals surface area (Å²) < 4.78 is 0. The number of rotatable bonds is 13. The van der Waals surface area contributed by atoms with E-state index in [1.165, 1.54) is 12.1 Å². The van der Waals surface area contributed by atoms with Gasteiger partial charge in [0.1, 0.15) is 17.8 Å². The van der Waals surface area contributed by atoms with Crippen LogP contribution in [0.4, 0.5) is 0 Å². The molecule has 2 rings (SSSR count). The minimum Gasteiger partial charge on any atom is -0.508 e. The number of nitrogens with one attached hydrogen (secondary N) is 3. The van der Waals surface area contributed by atoms with Gasteiger partial charge in [0.25, 0.3) is 0 Å². The lowest BCUT2D eigenvalue weighted by Gasteiger charge is -2.26. The number of carbonyl (C=O) groups excluding carboxylic acids is 4. The topological polar surface area (TPSA) is 177 Å². The number of aromatic hydroxyl groups is 1. The standard InChI is InChI=1S/C26H35N5O5/c1-3-16(2)23(26(36)30-21(24(28)34)14-17-7-5-4-6-8-17)31-22(33)15-29-25(35)20(27)13-18-9-11-19(32)12-10-18/h4-12,16,20-21,23,32H,3,13-15,27H2,1-2H3,(H2,28,34)(H,29,35)(H,30,36)(H,31,33). The van der Waals surface area contributed by atoms with Crippen LogP contribution in [0.1, 0.15) is 31.4 Å². The number of amides is 4. The highest BCUT2D eigenvalue weighted by Crippen LogP contribution is 2.11. The van der Waals surface area contributed by atoms with E-state index < -0.39 is 41.8 Å². The van der Waals surface area contributed by atoms with Crippen molar-refractivity contribution in [3.8, 4) is 5.75 Å². The van der Waals surface area contributed by atoms with Gasteiger partial charge in [-0.25, -0.2) is 0 Å². The third-order valence-electron chi connectivity index (χ3n) is 5.91. The molecule has 0 bridgehead atoms. The Balaban J connectivity index is 1.93. The normalized spacial score (nSPS) is 14.1. The summed E-state index contributed by atoms with van der Waals surface area (Å²) in [6, 6.07) is 12.7. The van der Waals surface area contributed by atoms with Gasteiger partial charge in [-0.15, -0.1) is 0 Å². The first-order valence-corrected chi connectivity index (χ1v) is 11.8. The second-order valence-electron chi connectivity index (χ2n) is 8.78. The Kier molecular flexibility index (Phi) is 10.9. The van der Waals surface area contributed by atoms with Gasteiger partial charge in [0, 0.05) is 6.42 Å². The van der Waals surface area contributed by atoms with Crippen molar-refractivity contribution >= 4 is 23.6 Å². The van der Waals surface area contributed by atoms with E-state index in [1.807, 2.05) is 37.3 Å². The zero-order chi connectivity index (χ0) is 26.7. The fourth-order valence-electron chi connectivity index (χ4n) is 3.54. The summed E-state index contributed by atoms with van der Waals surface area (Å²) in [5.74, 6) is -2.45. The van der Waals surface area contributed by atoms with Gasteiger partial charge >= 0.3 is 0 Å². The van der Waals surface area contributed by atoms with Gasteiger partial charge in [-0.2, -0.15) is 0 Å².